The highest BCUT2D eigenvalue weighted by Crippen LogP contribution is 2.27. The van der Waals surface area contributed by atoms with Gasteiger partial charge in [0.15, 0.2) is 0 Å². The van der Waals surface area contributed by atoms with Crippen LogP contribution in [0.3, 0.4) is 0 Å². The van der Waals surface area contributed by atoms with E-state index in [-0.39, 0.29) is 0 Å². The summed E-state index contributed by atoms with van der Waals surface area (Å²) in [4.78, 5) is 0. The van der Waals surface area contributed by atoms with Crippen molar-refractivity contribution in [2.45, 2.75) is 20.3 Å². The van der Waals surface area contributed by atoms with Crippen LogP contribution in [0.1, 0.15) is 19.4 Å². The molecule has 0 saturated carbocycles. The third-order valence-corrected chi connectivity index (χ3v) is 2.32. The number of nitrogen functional groups attached to an aromatic ring is 1. The van der Waals surface area contributed by atoms with Crippen molar-refractivity contribution in [1.82, 2.24) is 10.2 Å². The summed E-state index contributed by atoms with van der Waals surface area (Å²) in [6, 6.07) is 1.90. The van der Waals surface area contributed by atoms with Crippen molar-refractivity contribution in [2.24, 2.45) is 5.92 Å². The molecule has 2 aromatic heterocycles. The Kier molecular flexibility index (Phi) is 2.49. The standard InChI is InChI=1S/C11H15N3O/c1-7(2)5-9-10(13-14-11(9)12)8-3-4-15-6-8/h3-4,6-7H,5H2,1-2H3,(H3,12,13,14). The molecule has 0 amide bonds. The van der Waals surface area contributed by atoms with Crippen molar-refractivity contribution in [2.75, 3.05) is 5.73 Å². The van der Waals surface area contributed by atoms with Gasteiger partial charge in [0.25, 0.3) is 0 Å². The SMILES string of the molecule is CC(C)Cc1c(N)n[nH]c1-c1ccoc1. The number of anilines is 1. The lowest BCUT2D eigenvalue weighted by molar-refractivity contribution is 0.568. The third-order valence-electron chi connectivity index (χ3n) is 2.32. The average molecular weight is 205 g/mol. The van der Waals surface area contributed by atoms with Crippen molar-refractivity contribution in [1.29, 1.82) is 0 Å². The molecular weight excluding hydrogens is 190 g/mol. The minimum absolute atomic E-state index is 0.551. The summed E-state index contributed by atoms with van der Waals surface area (Å²) in [7, 11) is 0. The van der Waals surface area contributed by atoms with Crippen molar-refractivity contribution in [3.8, 4) is 11.3 Å². The van der Waals surface area contributed by atoms with E-state index in [9.17, 15) is 0 Å². The summed E-state index contributed by atoms with van der Waals surface area (Å²) in [5, 5.41) is 6.98. The van der Waals surface area contributed by atoms with Crippen LogP contribution in [0.4, 0.5) is 5.82 Å². The summed E-state index contributed by atoms with van der Waals surface area (Å²) >= 11 is 0. The summed E-state index contributed by atoms with van der Waals surface area (Å²) in [5.74, 6) is 1.13. The molecule has 0 atom stereocenters. The zero-order valence-corrected chi connectivity index (χ0v) is 8.95. The monoisotopic (exact) mass is 205 g/mol. The van der Waals surface area contributed by atoms with E-state index in [1.54, 1.807) is 12.5 Å². The highest BCUT2D eigenvalue weighted by molar-refractivity contribution is 5.67. The molecule has 2 rings (SSSR count). The Morgan fingerprint density at radius 3 is 2.93 bits per heavy atom. The van der Waals surface area contributed by atoms with Gasteiger partial charge in [-0.25, -0.2) is 0 Å². The van der Waals surface area contributed by atoms with Gasteiger partial charge in [-0.3, -0.25) is 5.10 Å². The maximum atomic E-state index is 5.82. The quantitative estimate of drug-likeness (QED) is 0.808. The molecule has 2 heterocycles. The zero-order valence-electron chi connectivity index (χ0n) is 8.95. The lowest BCUT2D eigenvalue weighted by atomic mass is 10.0. The maximum Gasteiger partial charge on any atom is 0.149 e. The van der Waals surface area contributed by atoms with E-state index in [1.165, 1.54) is 0 Å². The number of hydrogen-bond donors (Lipinski definition) is 2. The minimum Gasteiger partial charge on any atom is -0.472 e. The molecule has 0 unspecified atom stereocenters. The predicted octanol–water partition coefficient (Wildman–Crippen LogP) is 2.45. The molecule has 4 heteroatoms. The topological polar surface area (TPSA) is 67.8 Å². The number of nitrogens with zero attached hydrogens (tertiary/aromatic N) is 1. The van der Waals surface area contributed by atoms with Crippen LogP contribution in [0.5, 0.6) is 0 Å². The first-order valence-corrected chi connectivity index (χ1v) is 5.03. The van der Waals surface area contributed by atoms with Gasteiger partial charge in [-0.05, 0) is 18.4 Å². The lowest BCUT2D eigenvalue weighted by Gasteiger charge is -2.05. The van der Waals surface area contributed by atoms with Crippen molar-refractivity contribution in [3.63, 3.8) is 0 Å². The Balaban J connectivity index is 2.40. The van der Waals surface area contributed by atoms with Crippen LogP contribution in [-0.2, 0) is 6.42 Å². The molecule has 0 bridgehead atoms. The Bertz CT molecular complexity index is 429. The Labute approximate surface area is 88.5 Å². The van der Waals surface area contributed by atoms with Crippen LogP contribution in [-0.4, -0.2) is 10.2 Å². The van der Waals surface area contributed by atoms with E-state index in [2.05, 4.69) is 24.0 Å². The minimum atomic E-state index is 0.551. The van der Waals surface area contributed by atoms with E-state index in [4.69, 9.17) is 10.2 Å². The summed E-state index contributed by atoms with van der Waals surface area (Å²) in [5.41, 5.74) is 8.86. The van der Waals surface area contributed by atoms with Gasteiger partial charge in [0.2, 0.25) is 0 Å². The number of aromatic nitrogens is 2. The second kappa shape index (κ2) is 3.81. The Morgan fingerprint density at radius 2 is 2.33 bits per heavy atom. The van der Waals surface area contributed by atoms with Gasteiger partial charge in [0.05, 0.1) is 18.2 Å². The molecule has 0 aliphatic rings. The fourth-order valence-electron chi connectivity index (χ4n) is 1.64. The third kappa shape index (κ3) is 1.88. The highest BCUT2D eigenvalue weighted by Gasteiger charge is 2.14. The molecule has 15 heavy (non-hydrogen) atoms. The van der Waals surface area contributed by atoms with E-state index >= 15 is 0 Å². The van der Waals surface area contributed by atoms with Gasteiger partial charge in [0, 0.05) is 11.1 Å². The van der Waals surface area contributed by atoms with Gasteiger partial charge in [-0.1, -0.05) is 13.8 Å². The van der Waals surface area contributed by atoms with E-state index in [1.807, 2.05) is 6.07 Å². The number of rotatable bonds is 3. The average Bonchev–Trinajstić information content (AvgIpc) is 2.76. The molecular formula is C11H15N3O. The largest absolute Gasteiger partial charge is 0.472 e. The van der Waals surface area contributed by atoms with Gasteiger partial charge in [-0.15, -0.1) is 0 Å². The van der Waals surface area contributed by atoms with E-state index < -0.39 is 0 Å². The fourth-order valence-corrected chi connectivity index (χ4v) is 1.64. The molecule has 2 aromatic rings. The highest BCUT2D eigenvalue weighted by atomic mass is 16.3. The number of nitrogens with one attached hydrogen (secondary N) is 1. The summed E-state index contributed by atoms with van der Waals surface area (Å²) in [6.07, 6.45) is 4.26. The lowest BCUT2D eigenvalue weighted by Crippen LogP contribution is -1.98. The van der Waals surface area contributed by atoms with Crippen LogP contribution >= 0.6 is 0 Å². The normalized spacial score (nSPS) is 11.1. The number of hydrogen-bond acceptors (Lipinski definition) is 3. The van der Waals surface area contributed by atoms with Gasteiger partial charge in [0.1, 0.15) is 5.82 Å². The molecule has 0 aliphatic carbocycles. The summed E-state index contributed by atoms with van der Waals surface area (Å²) < 4.78 is 5.05. The van der Waals surface area contributed by atoms with E-state index in [0.717, 1.165) is 23.2 Å². The molecule has 0 aliphatic heterocycles. The molecule has 0 aromatic carbocycles. The number of aromatic amines is 1. The molecule has 0 fully saturated rings. The number of H-pyrrole nitrogens is 1. The Hall–Kier alpha value is -1.71. The van der Waals surface area contributed by atoms with Crippen molar-refractivity contribution >= 4 is 5.82 Å². The molecule has 0 saturated heterocycles. The maximum absolute atomic E-state index is 5.82. The van der Waals surface area contributed by atoms with Crippen LogP contribution in [0.15, 0.2) is 23.0 Å². The summed E-state index contributed by atoms with van der Waals surface area (Å²) in [6.45, 7) is 4.32. The van der Waals surface area contributed by atoms with Crippen LogP contribution < -0.4 is 5.73 Å². The predicted molar refractivity (Wildman–Crippen MR) is 59.2 cm³/mol. The van der Waals surface area contributed by atoms with E-state index in [0.29, 0.717) is 11.7 Å². The van der Waals surface area contributed by atoms with Gasteiger partial charge in [-0.2, -0.15) is 5.10 Å². The molecule has 0 spiro atoms. The van der Waals surface area contributed by atoms with Crippen molar-refractivity contribution < 1.29 is 4.42 Å². The molecule has 3 N–H and O–H groups in total. The van der Waals surface area contributed by atoms with Crippen LogP contribution in [0.2, 0.25) is 0 Å². The zero-order chi connectivity index (χ0) is 10.8. The van der Waals surface area contributed by atoms with Crippen molar-refractivity contribution in [3.05, 3.63) is 24.2 Å². The second-order valence-electron chi connectivity index (χ2n) is 4.07. The second-order valence-corrected chi connectivity index (χ2v) is 4.07. The molecule has 4 nitrogen and oxygen atoms in total. The number of nitrogens with two attached hydrogens (primary N) is 1. The first-order valence-electron chi connectivity index (χ1n) is 5.03. The first-order chi connectivity index (χ1) is 7.18. The number of furan rings is 1. The first kappa shape index (κ1) is 9.83. The van der Waals surface area contributed by atoms with Gasteiger partial charge >= 0.3 is 0 Å². The van der Waals surface area contributed by atoms with Crippen LogP contribution in [0.25, 0.3) is 11.3 Å². The Morgan fingerprint density at radius 1 is 1.53 bits per heavy atom. The van der Waals surface area contributed by atoms with Crippen LogP contribution in [0, 0.1) is 5.92 Å². The molecule has 0 radical (unpaired) electrons. The smallest absolute Gasteiger partial charge is 0.149 e. The molecule has 80 valence electrons. The van der Waals surface area contributed by atoms with Gasteiger partial charge < -0.3 is 10.2 Å². The fraction of sp³-hybridized carbons (Fsp3) is 0.364.